The van der Waals surface area contributed by atoms with Gasteiger partial charge in [0.25, 0.3) is 5.91 Å². The lowest BCUT2D eigenvalue weighted by molar-refractivity contribution is 0.101. The normalized spacial score (nSPS) is 10.3. The molecule has 5 nitrogen and oxygen atoms in total. The van der Waals surface area contributed by atoms with E-state index in [9.17, 15) is 18.0 Å². The van der Waals surface area contributed by atoms with Gasteiger partial charge in [0.1, 0.15) is 23.0 Å². The molecule has 0 saturated carbocycles. The summed E-state index contributed by atoms with van der Waals surface area (Å²) in [5.74, 6) is -4.04. The first-order chi connectivity index (χ1) is 13.9. The number of rotatable bonds is 5. The zero-order valence-corrected chi connectivity index (χ0v) is 16.8. The predicted molar refractivity (Wildman–Crippen MR) is 106 cm³/mol. The van der Waals surface area contributed by atoms with Crippen molar-refractivity contribution in [1.29, 1.82) is 0 Å². The molecule has 2 aromatic heterocycles. The molecular formula is C21H23F3N4O. The minimum atomic E-state index is -1.04. The maximum Gasteiger partial charge on any atom is 0.262 e. The van der Waals surface area contributed by atoms with E-state index in [1.807, 2.05) is 27.7 Å². The van der Waals surface area contributed by atoms with Crippen LogP contribution >= 0.6 is 0 Å². The molecule has 154 valence electrons. The molecule has 1 amide bonds. The van der Waals surface area contributed by atoms with E-state index >= 15 is 0 Å². The summed E-state index contributed by atoms with van der Waals surface area (Å²) < 4.78 is 43.5. The fraction of sp³-hybridized carbons (Fsp3) is 0.286. The molecule has 0 spiro atoms. The molecule has 0 aliphatic rings. The summed E-state index contributed by atoms with van der Waals surface area (Å²) in [6, 6.07) is 7.66. The number of aromatic nitrogens is 3. The molecular weight excluding hydrogens is 381 g/mol. The maximum absolute atomic E-state index is 14.5. The SMILES string of the molecule is CC.CCc1cc(-c2ccc(NC(=O)c3c(F)cccc3F)nc2F)n(CC)n1. The summed E-state index contributed by atoms with van der Waals surface area (Å²) in [7, 11) is 0. The van der Waals surface area contributed by atoms with Crippen LogP contribution in [-0.2, 0) is 13.0 Å². The van der Waals surface area contributed by atoms with E-state index < -0.39 is 29.1 Å². The Labute approximate surface area is 167 Å². The van der Waals surface area contributed by atoms with Crippen LogP contribution in [-0.4, -0.2) is 20.7 Å². The number of halogens is 3. The fourth-order valence-electron chi connectivity index (χ4n) is 2.69. The molecule has 0 bridgehead atoms. The van der Waals surface area contributed by atoms with Crippen LogP contribution in [0.4, 0.5) is 19.0 Å². The van der Waals surface area contributed by atoms with Gasteiger partial charge in [-0.25, -0.2) is 13.8 Å². The maximum atomic E-state index is 14.5. The van der Waals surface area contributed by atoms with Crippen LogP contribution in [0.1, 0.15) is 43.7 Å². The lowest BCUT2D eigenvalue weighted by atomic mass is 10.1. The highest BCUT2D eigenvalue weighted by molar-refractivity contribution is 6.04. The summed E-state index contributed by atoms with van der Waals surface area (Å²) >= 11 is 0. The highest BCUT2D eigenvalue weighted by Crippen LogP contribution is 2.25. The second-order valence-electron chi connectivity index (χ2n) is 5.78. The van der Waals surface area contributed by atoms with Gasteiger partial charge < -0.3 is 5.32 Å². The number of benzene rings is 1. The number of pyridine rings is 1. The molecule has 3 rings (SSSR count). The van der Waals surface area contributed by atoms with Crippen LogP contribution in [0.5, 0.6) is 0 Å². The van der Waals surface area contributed by atoms with Gasteiger partial charge >= 0.3 is 0 Å². The predicted octanol–water partition coefficient (Wildman–Crippen LogP) is 5.22. The van der Waals surface area contributed by atoms with Crippen LogP contribution in [0, 0.1) is 17.6 Å². The molecule has 3 aromatic rings. The number of amides is 1. The molecule has 0 aliphatic carbocycles. The van der Waals surface area contributed by atoms with E-state index in [-0.39, 0.29) is 11.4 Å². The monoisotopic (exact) mass is 404 g/mol. The number of carbonyl (C=O) groups excluding carboxylic acids is 1. The van der Waals surface area contributed by atoms with Crippen molar-refractivity contribution in [3.05, 3.63) is 65.2 Å². The third kappa shape index (κ3) is 4.82. The summed E-state index contributed by atoms with van der Waals surface area (Å²) in [5, 5.41) is 6.58. The van der Waals surface area contributed by atoms with Crippen molar-refractivity contribution in [2.45, 2.75) is 40.7 Å². The van der Waals surface area contributed by atoms with Crippen LogP contribution in [0.2, 0.25) is 0 Å². The average Bonchev–Trinajstić information content (AvgIpc) is 3.13. The van der Waals surface area contributed by atoms with Gasteiger partial charge in [0.15, 0.2) is 0 Å². The standard InChI is InChI=1S/C19H17F3N4O.C2H6/c1-3-11-10-15(26(4-2)25-11)12-8-9-16(23-18(12)22)24-19(27)17-13(20)6-5-7-14(17)21;1-2/h5-10H,3-4H2,1-2H3,(H,23,24,27);1-2H3. The third-order valence-electron chi connectivity index (χ3n) is 4.05. The zero-order chi connectivity index (χ0) is 21.6. The molecule has 1 N–H and O–H groups in total. The molecule has 8 heteroatoms. The quantitative estimate of drug-likeness (QED) is 0.593. The number of hydrogen-bond donors (Lipinski definition) is 1. The number of aryl methyl sites for hydroxylation is 2. The van der Waals surface area contributed by atoms with E-state index in [1.165, 1.54) is 12.1 Å². The zero-order valence-electron chi connectivity index (χ0n) is 16.8. The molecule has 2 heterocycles. The van der Waals surface area contributed by atoms with Gasteiger partial charge in [-0.05, 0) is 43.7 Å². The molecule has 0 atom stereocenters. The molecule has 1 aromatic carbocycles. The number of hydrogen-bond acceptors (Lipinski definition) is 3. The Balaban J connectivity index is 0.00000145. The van der Waals surface area contributed by atoms with Crippen molar-refractivity contribution >= 4 is 11.7 Å². The van der Waals surface area contributed by atoms with Crippen LogP contribution in [0.25, 0.3) is 11.3 Å². The second kappa shape index (κ2) is 9.86. The Hall–Kier alpha value is -3.16. The molecule has 0 radical (unpaired) electrons. The van der Waals surface area contributed by atoms with Gasteiger partial charge in [-0.2, -0.15) is 9.49 Å². The third-order valence-corrected chi connectivity index (χ3v) is 4.05. The van der Waals surface area contributed by atoms with E-state index in [2.05, 4.69) is 15.4 Å². The summed E-state index contributed by atoms with van der Waals surface area (Å²) in [5.41, 5.74) is 0.857. The Morgan fingerprint density at radius 1 is 1.07 bits per heavy atom. The summed E-state index contributed by atoms with van der Waals surface area (Å²) in [6.07, 6.45) is 0.706. The van der Waals surface area contributed by atoms with Crippen molar-refractivity contribution in [2.75, 3.05) is 5.32 Å². The van der Waals surface area contributed by atoms with Crippen molar-refractivity contribution in [2.24, 2.45) is 0 Å². The molecule has 0 saturated heterocycles. The molecule has 0 aliphatic heterocycles. The number of nitrogens with one attached hydrogen (secondary N) is 1. The Kier molecular flexibility index (Phi) is 7.52. The van der Waals surface area contributed by atoms with Crippen molar-refractivity contribution < 1.29 is 18.0 Å². The van der Waals surface area contributed by atoms with E-state index in [1.54, 1.807) is 10.7 Å². The van der Waals surface area contributed by atoms with E-state index in [4.69, 9.17) is 0 Å². The lowest BCUT2D eigenvalue weighted by Crippen LogP contribution is -2.17. The van der Waals surface area contributed by atoms with Gasteiger partial charge in [-0.3, -0.25) is 9.48 Å². The largest absolute Gasteiger partial charge is 0.306 e. The average molecular weight is 404 g/mol. The van der Waals surface area contributed by atoms with Crippen LogP contribution in [0.15, 0.2) is 36.4 Å². The minimum Gasteiger partial charge on any atom is -0.306 e. The van der Waals surface area contributed by atoms with Crippen molar-refractivity contribution in [1.82, 2.24) is 14.8 Å². The first-order valence-corrected chi connectivity index (χ1v) is 9.43. The van der Waals surface area contributed by atoms with Gasteiger partial charge in [-0.15, -0.1) is 0 Å². The first kappa shape index (κ1) is 22.1. The summed E-state index contributed by atoms with van der Waals surface area (Å²) in [6.45, 7) is 8.39. The van der Waals surface area contributed by atoms with Gasteiger partial charge in [0, 0.05) is 6.54 Å². The number of anilines is 1. The van der Waals surface area contributed by atoms with Crippen LogP contribution in [0.3, 0.4) is 0 Å². The number of carbonyl (C=O) groups is 1. The topological polar surface area (TPSA) is 59.8 Å². The smallest absolute Gasteiger partial charge is 0.262 e. The first-order valence-electron chi connectivity index (χ1n) is 9.43. The Morgan fingerprint density at radius 2 is 1.72 bits per heavy atom. The van der Waals surface area contributed by atoms with Gasteiger partial charge in [0.2, 0.25) is 5.95 Å². The van der Waals surface area contributed by atoms with Crippen molar-refractivity contribution in [3.8, 4) is 11.3 Å². The lowest BCUT2D eigenvalue weighted by Gasteiger charge is -2.09. The highest BCUT2D eigenvalue weighted by Gasteiger charge is 2.19. The molecule has 0 fully saturated rings. The van der Waals surface area contributed by atoms with Gasteiger partial charge in [0.05, 0.1) is 17.0 Å². The van der Waals surface area contributed by atoms with Gasteiger partial charge in [-0.1, -0.05) is 26.8 Å². The fourth-order valence-corrected chi connectivity index (χ4v) is 2.69. The second-order valence-corrected chi connectivity index (χ2v) is 5.78. The minimum absolute atomic E-state index is 0.151. The Bertz CT molecular complexity index is 981. The molecule has 0 unspecified atom stereocenters. The number of nitrogens with zero attached hydrogens (tertiary/aromatic N) is 3. The summed E-state index contributed by atoms with van der Waals surface area (Å²) in [4.78, 5) is 15.8. The highest BCUT2D eigenvalue weighted by atomic mass is 19.1. The Morgan fingerprint density at radius 3 is 2.28 bits per heavy atom. The molecule has 29 heavy (non-hydrogen) atoms. The van der Waals surface area contributed by atoms with E-state index in [0.717, 1.165) is 23.9 Å². The van der Waals surface area contributed by atoms with Crippen LogP contribution < -0.4 is 5.32 Å². The van der Waals surface area contributed by atoms with E-state index in [0.29, 0.717) is 18.7 Å². The van der Waals surface area contributed by atoms with Crippen molar-refractivity contribution in [3.63, 3.8) is 0 Å².